The van der Waals surface area contributed by atoms with Crippen LogP contribution in [0, 0.1) is 6.92 Å². The second kappa shape index (κ2) is 5.69. The van der Waals surface area contributed by atoms with Crippen LogP contribution < -0.4 is 10.2 Å². The number of nitrogens with zero attached hydrogens (tertiary/aromatic N) is 1. The number of anilines is 1. The average Bonchev–Trinajstić information content (AvgIpc) is 3.07. The Labute approximate surface area is 132 Å². The van der Waals surface area contributed by atoms with E-state index in [4.69, 9.17) is 16.0 Å². The molecule has 0 radical (unpaired) electrons. The Kier molecular flexibility index (Phi) is 3.73. The van der Waals surface area contributed by atoms with Crippen LogP contribution in [0.15, 0.2) is 57.8 Å². The Balaban J connectivity index is 1.83. The highest BCUT2D eigenvalue weighted by Crippen LogP contribution is 2.28. The molecule has 0 fully saturated rings. The minimum Gasteiger partial charge on any atom is -0.467 e. The summed E-state index contributed by atoms with van der Waals surface area (Å²) in [4.78, 5) is 25.8. The summed E-state index contributed by atoms with van der Waals surface area (Å²) in [6, 6.07) is 10.6. The standard InChI is InChI=1S/C16H13ClN2O3/c1-10-4-2-5-11(8-10)19-15(20)13(17)14(16(19)21)18-9-12-6-3-7-22-12/h2-8,18H,9H2,1H3. The lowest BCUT2D eigenvalue weighted by atomic mass is 10.2. The van der Waals surface area contributed by atoms with Gasteiger partial charge in [0.1, 0.15) is 16.5 Å². The van der Waals surface area contributed by atoms with E-state index >= 15 is 0 Å². The van der Waals surface area contributed by atoms with E-state index in [1.165, 1.54) is 6.26 Å². The zero-order valence-electron chi connectivity index (χ0n) is 11.8. The molecule has 1 aromatic heterocycles. The molecule has 0 unspecified atom stereocenters. The highest BCUT2D eigenvalue weighted by atomic mass is 35.5. The van der Waals surface area contributed by atoms with E-state index in [0.29, 0.717) is 11.4 Å². The topological polar surface area (TPSA) is 62.6 Å². The summed E-state index contributed by atoms with van der Waals surface area (Å²) >= 11 is 6.02. The number of hydrogen-bond acceptors (Lipinski definition) is 4. The van der Waals surface area contributed by atoms with E-state index in [1.807, 2.05) is 13.0 Å². The van der Waals surface area contributed by atoms with Gasteiger partial charge in [-0.15, -0.1) is 0 Å². The first-order valence-corrected chi connectivity index (χ1v) is 7.07. The van der Waals surface area contributed by atoms with Crippen LogP contribution in [0.25, 0.3) is 0 Å². The van der Waals surface area contributed by atoms with Crippen molar-refractivity contribution >= 4 is 29.1 Å². The van der Waals surface area contributed by atoms with Gasteiger partial charge in [0.15, 0.2) is 0 Å². The quantitative estimate of drug-likeness (QED) is 0.881. The Morgan fingerprint density at radius 1 is 1.18 bits per heavy atom. The normalized spacial score (nSPS) is 14.9. The van der Waals surface area contributed by atoms with Crippen molar-refractivity contribution in [3.8, 4) is 0 Å². The number of halogens is 1. The van der Waals surface area contributed by atoms with E-state index in [2.05, 4.69) is 5.32 Å². The van der Waals surface area contributed by atoms with Gasteiger partial charge in [0.25, 0.3) is 11.8 Å². The molecule has 0 aliphatic carbocycles. The number of imide groups is 1. The second-order valence-corrected chi connectivity index (χ2v) is 5.28. The van der Waals surface area contributed by atoms with Gasteiger partial charge in [-0.2, -0.15) is 0 Å². The molecule has 3 rings (SSSR count). The zero-order chi connectivity index (χ0) is 15.7. The summed E-state index contributed by atoms with van der Waals surface area (Å²) in [6.07, 6.45) is 1.54. The fourth-order valence-electron chi connectivity index (χ4n) is 2.25. The van der Waals surface area contributed by atoms with Gasteiger partial charge in [-0.05, 0) is 36.8 Å². The fraction of sp³-hybridized carbons (Fsp3) is 0.125. The fourth-order valence-corrected chi connectivity index (χ4v) is 2.48. The molecule has 6 heteroatoms. The maximum Gasteiger partial charge on any atom is 0.283 e. The summed E-state index contributed by atoms with van der Waals surface area (Å²) in [7, 11) is 0. The first kappa shape index (κ1) is 14.4. The van der Waals surface area contributed by atoms with Gasteiger partial charge < -0.3 is 9.73 Å². The van der Waals surface area contributed by atoms with Crippen molar-refractivity contribution in [3.63, 3.8) is 0 Å². The molecule has 0 spiro atoms. The number of carbonyl (C=O) groups is 2. The van der Waals surface area contributed by atoms with Crippen LogP contribution in [-0.2, 0) is 16.1 Å². The van der Waals surface area contributed by atoms with Crippen molar-refractivity contribution in [2.45, 2.75) is 13.5 Å². The van der Waals surface area contributed by atoms with Gasteiger partial charge in [0.05, 0.1) is 18.5 Å². The van der Waals surface area contributed by atoms with Crippen LogP contribution in [-0.4, -0.2) is 11.8 Å². The lowest BCUT2D eigenvalue weighted by Crippen LogP contribution is -2.33. The minimum atomic E-state index is -0.529. The molecular formula is C16H13ClN2O3. The average molecular weight is 317 g/mol. The summed E-state index contributed by atoms with van der Waals surface area (Å²) < 4.78 is 5.18. The molecule has 1 aromatic carbocycles. The van der Waals surface area contributed by atoms with Gasteiger partial charge in [-0.1, -0.05) is 23.7 Å². The van der Waals surface area contributed by atoms with Gasteiger partial charge in [-0.25, -0.2) is 4.90 Å². The van der Waals surface area contributed by atoms with Crippen LogP contribution in [0.4, 0.5) is 5.69 Å². The predicted molar refractivity (Wildman–Crippen MR) is 82.1 cm³/mol. The van der Waals surface area contributed by atoms with Crippen molar-refractivity contribution in [1.82, 2.24) is 5.32 Å². The molecule has 2 amide bonds. The third kappa shape index (κ3) is 2.51. The molecule has 0 saturated heterocycles. The number of amides is 2. The second-order valence-electron chi connectivity index (χ2n) is 4.91. The molecule has 2 aromatic rings. The number of hydrogen-bond donors (Lipinski definition) is 1. The van der Waals surface area contributed by atoms with E-state index in [0.717, 1.165) is 10.5 Å². The Morgan fingerprint density at radius 2 is 2.00 bits per heavy atom. The highest BCUT2D eigenvalue weighted by molar-refractivity contribution is 6.52. The summed E-state index contributed by atoms with van der Waals surface area (Å²) in [6.45, 7) is 2.17. The third-order valence-electron chi connectivity index (χ3n) is 3.31. The van der Waals surface area contributed by atoms with Crippen molar-refractivity contribution < 1.29 is 14.0 Å². The Bertz CT molecular complexity index is 765. The maximum atomic E-state index is 12.5. The Hall–Kier alpha value is -2.53. The number of benzene rings is 1. The van der Waals surface area contributed by atoms with Crippen molar-refractivity contribution in [2.75, 3.05) is 4.90 Å². The molecule has 0 bridgehead atoms. The van der Waals surface area contributed by atoms with Gasteiger partial charge >= 0.3 is 0 Å². The summed E-state index contributed by atoms with van der Waals surface area (Å²) in [5, 5.41) is 2.76. The highest BCUT2D eigenvalue weighted by Gasteiger charge is 2.38. The SMILES string of the molecule is Cc1cccc(N2C(=O)C(Cl)=C(NCc3ccco3)C2=O)c1. The molecule has 5 nitrogen and oxygen atoms in total. The van der Waals surface area contributed by atoms with Crippen LogP contribution in [0.5, 0.6) is 0 Å². The molecule has 1 N–H and O–H groups in total. The molecule has 1 aliphatic rings. The monoisotopic (exact) mass is 316 g/mol. The van der Waals surface area contributed by atoms with E-state index in [1.54, 1.807) is 30.3 Å². The number of nitrogens with one attached hydrogen (secondary N) is 1. The first-order valence-electron chi connectivity index (χ1n) is 6.69. The molecule has 112 valence electrons. The number of furan rings is 1. The van der Waals surface area contributed by atoms with E-state index < -0.39 is 11.8 Å². The molecule has 0 atom stereocenters. The van der Waals surface area contributed by atoms with Crippen LogP contribution in [0.2, 0.25) is 0 Å². The molecule has 0 saturated carbocycles. The number of carbonyl (C=O) groups excluding carboxylic acids is 2. The summed E-state index contributed by atoms with van der Waals surface area (Å²) in [5.74, 6) is -0.349. The molecule has 22 heavy (non-hydrogen) atoms. The lowest BCUT2D eigenvalue weighted by molar-refractivity contribution is -0.120. The van der Waals surface area contributed by atoms with Crippen molar-refractivity contribution in [3.05, 3.63) is 64.7 Å². The van der Waals surface area contributed by atoms with Crippen molar-refractivity contribution in [1.29, 1.82) is 0 Å². The number of aryl methyl sites for hydroxylation is 1. The zero-order valence-corrected chi connectivity index (χ0v) is 12.6. The van der Waals surface area contributed by atoms with Crippen LogP contribution in [0.1, 0.15) is 11.3 Å². The molecule has 1 aliphatic heterocycles. The van der Waals surface area contributed by atoms with Crippen LogP contribution in [0.3, 0.4) is 0 Å². The van der Waals surface area contributed by atoms with Gasteiger partial charge in [-0.3, -0.25) is 9.59 Å². The van der Waals surface area contributed by atoms with Gasteiger partial charge in [0.2, 0.25) is 0 Å². The van der Waals surface area contributed by atoms with Crippen LogP contribution >= 0.6 is 11.6 Å². The molecular weight excluding hydrogens is 304 g/mol. The van der Waals surface area contributed by atoms with E-state index in [-0.39, 0.29) is 17.3 Å². The lowest BCUT2D eigenvalue weighted by Gasteiger charge is -2.15. The third-order valence-corrected chi connectivity index (χ3v) is 3.66. The predicted octanol–water partition coefficient (Wildman–Crippen LogP) is 2.70. The van der Waals surface area contributed by atoms with E-state index in [9.17, 15) is 9.59 Å². The first-order chi connectivity index (χ1) is 10.6. The maximum absolute atomic E-state index is 12.5. The minimum absolute atomic E-state index is 0.0876. The smallest absolute Gasteiger partial charge is 0.283 e. The number of rotatable bonds is 4. The van der Waals surface area contributed by atoms with Crippen molar-refractivity contribution in [2.24, 2.45) is 0 Å². The molecule has 2 heterocycles. The largest absolute Gasteiger partial charge is 0.467 e. The summed E-state index contributed by atoms with van der Waals surface area (Å²) in [5.41, 5.74) is 1.54. The Morgan fingerprint density at radius 3 is 2.68 bits per heavy atom. The van der Waals surface area contributed by atoms with Gasteiger partial charge in [0, 0.05) is 0 Å².